The van der Waals surface area contributed by atoms with Gasteiger partial charge in [0.05, 0.1) is 5.56 Å². The van der Waals surface area contributed by atoms with Crippen molar-refractivity contribution in [2.75, 3.05) is 13.2 Å². The van der Waals surface area contributed by atoms with Gasteiger partial charge in [0, 0.05) is 4.47 Å². The van der Waals surface area contributed by atoms with Crippen LogP contribution in [0.1, 0.15) is 5.56 Å². The molecular formula is C15H15BrN2O2. The maximum Gasteiger partial charge on any atom is 0.131 e. The normalized spacial score (nSPS) is 10.1. The van der Waals surface area contributed by atoms with E-state index in [1.165, 1.54) is 0 Å². The van der Waals surface area contributed by atoms with E-state index in [0.29, 0.717) is 24.5 Å². The minimum Gasteiger partial charge on any atom is -0.490 e. The van der Waals surface area contributed by atoms with Gasteiger partial charge in [0.2, 0.25) is 0 Å². The average molecular weight is 335 g/mol. The minimum atomic E-state index is -0.0311. The van der Waals surface area contributed by atoms with E-state index in [9.17, 15) is 0 Å². The molecule has 0 aliphatic heterocycles. The van der Waals surface area contributed by atoms with Crippen LogP contribution >= 0.6 is 15.9 Å². The van der Waals surface area contributed by atoms with Gasteiger partial charge in [-0.15, -0.1) is 0 Å². The van der Waals surface area contributed by atoms with Crippen molar-refractivity contribution in [3.8, 4) is 11.5 Å². The molecule has 2 rings (SSSR count). The van der Waals surface area contributed by atoms with E-state index in [2.05, 4.69) is 15.9 Å². The minimum absolute atomic E-state index is 0.0311. The van der Waals surface area contributed by atoms with E-state index in [-0.39, 0.29) is 5.84 Å². The van der Waals surface area contributed by atoms with E-state index in [0.717, 1.165) is 10.2 Å². The molecule has 0 unspecified atom stereocenters. The van der Waals surface area contributed by atoms with Crippen LogP contribution in [-0.2, 0) is 0 Å². The number of ether oxygens (including phenoxy) is 2. The molecule has 0 spiro atoms. The number of rotatable bonds is 6. The zero-order valence-electron chi connectivity index (χ0n) is 10.8. The van der Waals surface area contributed by atoms with E-state index in [1.54, 1.807) is 6.07 Å². The van der Waals surface area contributed by atoms with Gasteiger partial charge >= 0.3 is 0 Å². The predicted molar refractivity (Wildman–Crippen MR) is 82.6 cm³/mol. The average Bonchev–Trinajstić information content (AvgIpc) is 2.44. The van der Waals surface area contributed by atoms with Crippen LogP contribution in [0.25, 0.3) is 0 Å². The monoisotopic (exact) mass is 334 g/mol. The summed E-state index contributed by atoms with van der Waals surface area (Å²) in [6.45, 7) is 0.805. The van der Waals surface area contributed by atoms with Gasteiger partial charge < -0.3 is 15.2 Å². The van der Waals surface area contributed by atoms with Gasteiger partial charge in [-0.3, -0.25) is 5.41 Å². The van der Waals surface area contributed by atoms with Crippen LogP contribution in [0.4, 0.5) is 0 Å². The molecular weight excluding hydrogens is 320 g/mol. The zero-order valence-corrected chi connectivity index (χ0v) is 12.4. The topological polar surface area (TPSA) is 68.3 Å². The molecule has 4 nitrogen and oxygen atoms in total. The molecule has 5 heteroatoms. The van der Waals surface area contributed by atoms with Gasteiger partial charge in [-0.2, -0.15) is 0 Å². The van der Waals surface area contributed by atoms with E-state index in [1.807, 2.05) is 42.5 Å². The zero-order chi connectivity index (χ0) is 14.4. The third kappa shape index (κ3) is 3.74. The van der Waals surface area contributed by atoms with Gasteiger partial charge in [-0.25, -0.2) is 0 Å². The van der Waals surface area contributed by atoms with Gasteiger partial charge in [-0.1, -0.05) is 24.3 Å². The molecule has 0 aromatic heterocycles. The summed E-state index contributed by atoms with van der Waals surface area (Å²) in [4.78, 5) is 0. The first kappa shape index (κ1) is 14.4. The van der Waals surface area contributed by atoms with Crippen molar-refractivity contribution in [2.24, 2.45) is 5.73 Å². The maximum atomic E-state index is 7.57. The smallest absolute Gasteiger partial charge is 0.131 e. The highest BCUT2D eigenvalue weighted by molar-refractivity contribution is 9.10. The van der Waals surface area contributed by atoms with Gasteiger partial charge in [0.15, 0.2) is 0 Å². The van der Waals surface area contributed by atoms with Crippen LogP contribution in [0.5, 0.6) is 11.5 Å². The second kappa shape index (κ2) is 6.96. The highest BCUT2D eigenvalue weighted by atomic mass is 79.9. The van der Waals surface area contributed by atoms with Gasteiger partial charge in [-0.05, 0) is 40.2 Å². The molecule has 0 radical (unpaired) electrons. The fourth-order valence-electron chi connectivity index (χ4n) is 1.71. The first-order valence-corrected chi connectivity index (χ1v) is 6.91. The Labute approximate surface area is 126 Å². The summed E-state index contributed by atoms with van der Waals surface area (Å²) in [6, 6.07) is 15.0. The largest absolute Gasteiger partial charge is 0.490 e. The molecule has 0 saturated carbocycles. The summed E-state index contributed by atoms with van der Waals surface area (Å²) in [5, 5.41) is 7.57. The molecule has 0 heterocycles. The quantitative estimate of drug-likeness (QED) is 0.484. The lowest BCUT2D eigenvalue weighted by Crippen LogP contribution is -2.16. The molecule has 0 fully saturated rings. The Kier molecular flexibility index (Phi) is 5.01. The first-order chi connectivity index (χ1) is 9.68. The van der Waals surface area contributed by atoms with Crippen LogP contribution < -0.4 is 15.2 Å². The van der Waals surface area contributed by atoms with Crippen LogP contribution in [0.15, 0.2) is 53.0 Å². The van der Waals surface area contributed by atoms with Crippen LogP contribution in [0.3, 0.4) is 0 Å². The number of nitrogens with two attached hydrogens (primary N) is 1. The highest BCUT2D eigenvalue weighted by Gasteiger charge is 2.10. The molecule has 20 heavy (non-hydrogen) atoms. The van der Waals surface area contributed by atoms with Crippen molar-refractivity contribution in [1.82, 2.24) is 0 Å². The Morgan fingerprint density at radius 1 is 1.00 bits per heavy atom. The maximum absolute atomic E-state index is 7.57. The van der Waals surface area contributed by atoms with E-state index < -0.39 is 0 Å². The Balaban J connectivity index is 1.92. The summed E-state index contributed by atoms with van der Waals surface area (Å²) in [7, 11) is 0. The number of benzene rings is 2. The third-order valence-electron chi connectivity index (χ3n) is 2.60. The molecule has 0 aliphatic rings. The third-order valence-corrected chi connectivity index (χ3v) is 3.26. The van der Waals surface area contributed by atoms with Crippen molar-refractivity contribution < 1.29 is 9.47 Å². The second-order valence-corrected chi connectivity index (χ2v) is 4.89. The van der Waals surface area contributed by atoms with Crippen molar-refractivity contribution in [3.63, 3.8) is 0 Å². The lowest BCUT2D eigenvalue weighted by Gasteiger charge is -2.12. The second-order valence-electron chi connectivity index (χ2n) is 4.04. The van der Waals surface area contributed by atoms with Crippen LogP contribution in [0.2, 0.25) is 0 Å². The molecule has 0 amide bonds. The molecule has 2 aromatic carbocycles. The molecule has 0 atom stereocenters. The van der Waals surface area contributed by atoms with Crippen LogP contribution in [-0.4, -0.2) is 19.0 Å². The number of nitrogens with one attached hydrogen (secondary N) is 1. The van der Waals surface area contributed by atoms with Gasteiger partial charge in [0.1, 0.15) is 30.5 Å². The van der Waals surface area contributed by atoms with E-state index >= 15 is 0 Å². The number of hydrogen-bond acceptors (Lipinski definition) is 3. The van der Waals surface area contributed by atoms with Gasteiger partial charge in [0.25, 0.3) is 0 Å². The summed E-state index contributed by atoms with van der Waals surface area (Å²) in [5.74, 6) is 1.34. The predicted octanol–water partition coefficient (Wildman–Crippen LogP) is 3.19. The van der Waals surface area contributed by atoms with Crippen molar-refractivity contribution >= 4 is 21.8 Å². The number of amidine groups is 1. The standard InChI is InChI=1S/C15H15BrN2O2/c16-12-7-4-8-13(14(12)15(17)18)20-10-9-19-11-5-2-1-3-6-11/h1-8H,9-10H2,(H3,17,18). The first-order valence-electron chi connectivity index (χ1n) is 6.12. The van der Waals surface area contributed by atoms with E-state index in [4.69, 9.17) is 20.6 Å². The summed E-state index contributed by atoms with van der Waals surface area (Å²) in [6.07, 6.45) is 0. The van der Waals surface area contributed by atoms with Crippen molar-refractivity contribution in [3.05, 3.63) is 58.6 Å². The molecule has 0 saturated heterocycles. The number of para-hydroxylation sites is 1. The summed E-state index contributed by atoms with van der Waals surface area (Å²) < 4.78 is 11.9. The SMILES string of the molecule is N=C(N)c1c(Br)cccc1OCCOc1ccccc1. The number of nitrogen functional groups attached to an aromatic ring is 1. The summed E-state index contributed by atoms with van der Waals surface area (Å²) >= 11 is 3.36. The Hall–Kier alpha value is -2.01. The lowest BCUT2D eigenvalue weighted by atomic mass is 10.2. The summed E-state index contributed by atoms with van der Waals surface area (Å²) in [5.41, 5.74) is 6.11. The molecule has 2 aromatic rings. The Morgan fingerprint density at radius 3 is 2.40 bits per heavy atom. The molecule has 104 valence electrons. The fourth-order valence-corrected chi connectivity index (χ4v) is 2.28. The van der Waals surface area contributed by atoms with Crippen molar-refractivity contribution in [2.45, 2.75) is 0 Å². The molecule has 3 N–H and O–H groups in total. The fraction of sp³-hybridized carbons (Fsp3) is 0.133. The Morgan fingerprint density at radius 2 is 1.70 bits per heavy atom. The van der Waals surface area contributed by atoms with Crippen LogP contribution in [0, 0.1) is 5.41 Å². The Bertz CT molecular complexity index is 588. The lowest BCUT2D eigenvalue weighted by molar-refractivity contribution is 0.217. The number of halogens is 1. The highest BCUT2D eigenvalue weighted by Crippen LogP contribution is 2.26. The molecule has 0 bridgehead atoms. The number of hydrogen-bond donors (Lipinski definition) is 2. The molecule has 0 aliphatic carbocycles. The van der Waals surface area contributed by atoms with Crippen molar-refractivity contribution in [1.29, 1.82) is 5.41 Å².